The molecule has 0 radical (unpaired) electrons. The second-order valence-electron chi connectivity index (χ2n) is 7.06. The van der Waals surface area contributed by atoms with Gasteiger partial charge < -0.3 is 18.6 Å². The molecule has 0 aliphatic rings. The van der Waals surface area contributed by atoms with Crippen LogP contribution in [0.1, 0.15) is 5.56 Å². The molecule has 6 nitrogen and oxygen atoms in total. The van der Waals surface area contributed by atoms with Crippen LogP contribution in [0.3, 0.4) is 0 Å². The van der Waals surface area contributed by atoms with E-state index in [-0.39, 0.29) is 16.9 Å². The van der Waals surface area contributed by atoms with Crippen LogP contribution in [0.15, 0.2) is 80.4 Å². The predicted molar refractivity (Wildman–Crippen MR) is 135 cm³/mol. The lowest BCUT2D eigenvalue weighted by atomic mass is 10.1. The van der Waals surface area contributed by atoms with E-state index in [9.17, 15) is 9.59 Å². The maximum absolute atomic E-state index is 13.3. The zero-order chi connectivity index (χ0) is 24.2. The van der Waals surface area contributed by atoms with Crippen LogP contribution in [0.25, 0.3) is 28.4 Å². The normalized spacial score (nSPS) is 11.1. The highest BCUT2D eigenvalue weighted by atomic mass is 79.9. The standard InChI is InChI=1S/C26H18BrClO6/c1-31-21-14-16(13-18(27)25(21)32-2)24-26(23(30)17-8-4-6-10-20(17)33-24)34-22(29)12-11-15-7-3-5-9-19(15)28/h3-14H,1-2H3/b12-11+. The van der Waals surface area contributed by atoms with E-state index >= 15 is 0 Å². The molecule has 4 aromatic rings. The van der Waals surface area contributed by atoms with Crippen LogP contribution in [0.2, 0.25) is 5.02 Å². The molecule has 0 saturated carbocycles. The lowest BCUT2D eigenvalue weighted by Gasteiger charge is -2.14. The van der Waals surface area contributed by atoms with Gasteiger partial charge in [0.1, 0.15) is 5.58 Å². The average molecular weight is 542 g/mol. The van der Waals surface area contributed by atoms with Crippen molar-refractivity contribution in [2.24, 2.45) is 0 Å². The largest absolute Gasteiger partial charge is 0.493 e. The van der Waals surface area contributed by atoms with E-state index in [1.807, 2.05) is 0 Å². The number of carbonyl (C=O) groups is 1. The quantitative estimate of drug-likeness (QED) is 0.205. The minimum absolute atomic E-state index is 0.0739. The molecule has 1 aromatic heterocycles. The first-order valence-corrected chi connectivity index (χ1v) is 11.2. The van der Waals surface area contributed by atoms with Crippen LogP contribution in [0.4, 0.5) is 0 Å². The van der Waals surface area contributed by atoms with Gasteiger partial charge in [0.2, 0.25) is 11.2 Å². The first kappa shape index (κ1) is 23.6. The molecule has 0 unspecified atom stereocenters. The summed E-state index contributed by atoms with van der Waals surface area (Å²) < 4.78 is 22.9. The first-order chi connectivity index (χ1) is 16.4. The molecule has 34 heavy (non-hydrogen) atoms. The molecular weight excluding hydrogens is 524 g/mol. The topological polar surface area (TPSA) is 75.0 Å². The van der Waals surface area contributed by atoms with Crippen LogP contribution in [-0.4, -0.2) is 20.2 Å². The number of hydrogen-bond acceptors (Lipinski definition) is 6. The molecule has 4 rings (SSSR count). The van der Waals surface area contributed by atoms with Gasteiger partial charge in [-0.1, -0.05) is 41.9 Å². The van der Waals surface area contributed by atoms with Gasteiger partial charge in [-0.2, -0.15) is 0 Å². The second-order valence-corrected chi connectivity index (χ2v) is 8.32. The Balaban J connectivity index is 1.83. The lowest BCUT2D eigenvalue weighted by molar-refractivity contribution is -0.129. The minimum atomic E-state index is -0.761. The van der Waals surface area contributed by atoms with Crippen molar-refractivity contribution >= 4 is 50.5 Å². The van der Waals surface area contributed by atoms with Gasteiger partial charge in [-0.05, 0) is 57.9 Å². The summed E-state index contributed by atoms with van der Waals surface area (Å²) in [5, 5.41) is 0.760. The van der Waals surface area contributed by atoms with Gasteiger partial charge >= 0.3 is 5.97 Å². The van der Waals surface area contributed by atoms with Crippen LogP contribution in [-0.2, 0) is 4.79 Å². The molecule has 172 valence electrons. The Morgan fingerprint density at radius 2 is 1.74 bits per heavy atom. The summed E-state index contributed by atoms with van der Waals surface area (Å²) in [7, 11) is 3.00. The summed E-state index contributed by atoms with van der Waals surface area (Å²) in [4.78, 5) is 26.0. The average Bonchev–Trinajstić information content (AvgIpc) is 2.84. The van der Waals surface area contributed by atoms with Crippen molar-refractivity contribution in [2.75, 3.05) is 14.2 Å². The Bertz CT molecular complexity index is 1470. The number of benzene rings is 3. The van der Waals surface area contributed by atoms with Crippen molar-refractivity contribution in [3.8, 4) is 28.6 Å². The van der Waals surface area contributed by atoms with E-state index in [2.05, 4.69) is 15.9 Å². The van der Waals surface area contributed by atoms with Crippen LogP contribution in [0.5, 0.6) is 17.2 Å². The highest BCUT2D eigenvalue weighted by Gasteiger charge is 2.22. The fourth-order valence-electron chi connectivity index (χ4n) is 3.36. The fraction of sp³-hybridized carbons (Fsp3) is 0.0769. The van der Waals surface area contributed by atoms with Gasteiger partial charge in [0.15, 0.2) is 17.3 Å². The number of ether oxygens (including phenoxy) is 3. The van der Waals surface area contributed by atoms with E-state index in [1.54, 1.807) is 60.7 Å². The number of esters is 1. The molecule has 8 heteroatoms. The number of rotatable bonds is 6. The number of methoxy groups -OCH3 is 2. The zero-order valence-corrected chi connectivity index (χ0v) is 20.5. The van der Waals surface area contributed by atoms with Crippen LogP contribution in [0, 0.1) is 0 Å². The number of halogens is 2. The summed E-state index contributed by atoms with van der Waals surface area (Å²) >= 11 is 9.58. The maximum Gasteiger partial charge on any atom is 0.336 e. The van der Waals surface area contributed by atoms with Crippen molar-refractivity contribution in [2.45, 2.75) is 0 Å². The van der Waals surface area contributed by atoms with Crippen LogP contribution < -0.4 is 19.6 Å². The van der Waals surface area contributed by atoms with Crippen molar-refractivity contribution < 1.29 is 23.4 Å². The Kier molecular flexibility index (Phi) is 7.05. The van der Waals surface area contributed by atoms with Gasteiger partial charge in [-0.25, -0.2) is 4.79 Å². The number of carbonyl (C=O) groups excluding carboxylic acids is 1. The molecule has 0 aliphatic heterocycles. The molecule has 0 fully saturated rings. The SMILES string of the molecule is COc1cc(-c2oc3ccccc3c(=O)c2OC(=O)/C=C/c2ccccc2Cl)cc(Br)c1OC. The zero-order valence-electron chi connectivity index (χ0n) is 18.1. The van der Waals surface area contributed by atoms with E-state index in [1.165, 1.54) is 26.4 Å². The highest BCUT2D eigenvalue weighted by Crippen LogP contribution is 2.41. The van der Waals surface area contributed by atoms with E-state index in [0.717, 1.165) is 0 Å². The molecule has 0 bridgehead atoms. The third-order valence-corrected chi connectivity index (χ3v) is 5.89. The molecule has 0 amide bonds. The maximum atomic E-state index is 13.3. The third-order valence-electron chi connectivity index (χ3n) is 4.96. The monoisotopic (exact) mass is 540 g/mol. The fourth-order valence-corrected chi connectivity index (χ4v) is 4.16. The Morgan fingerprint density at radius 3 is 2.47 bits per heavy atom. The van der Waals surface area contributed by atoms with Crippen molar-refractivity contribution in [1.29, 1.82) is 0 Å². The molecule has 0 saturated heterocycles. The molecule has 3 aromatic carbocycles. The molecule has 0 aliphatic carbocycles. The molecular formula is C26H18BrClO6. The smallest absolute Gasteiger partial charge is 0.336 e. The van der Waals surface area contributed by atoms with E-state index in [0.29, 0.717) is 37.7 Å². The Labute approximate surface area is 208 Å². The third kappa shape index (κ3) is 4.71. The summed E-state index contributed by atoms with van der Waals surface area (Å²) in [5.41, 5.74) is 0.947. The van der Waals surface area contributed by atoms with Crippen LogP contribution >= 0.6 is 27.5 Å². The molecule has 0 atom stereocenters. The van der Waals surface area contributed by atoms with Gasteiger partial charge in [0.05, 0.1) is 24.1 Å². The number of para-hydroxylation sites is 1. The molecule has 1 heterocycles. The van der Waals surface area contributed by atoms with Gasteiger partial charge in [0.25, 0.3) is 0 Å². The van der Waals surface area contributed by atoms with E-state index in [4.69, 9.17) is 30.2 Å². The summed E-state index contributed by atoms with van der Waals surface area (Å²) in [6.07, 6.45) is 2.71. The number of fused-ring (bicyclic) bond motifs is 1. The predicted octanol–water partition coefficient (Wildman–Crippen LogP) is 6.51. The first-order valence-electron chi connectivity index (χ1n) is 10.0. The van der Waals surface area contributed by atoms with Crippen molar-refractivity contribution in [1.82, 2.24) is 0 Å². The van der Waals surface area contributed by atoms with Crippen molar-refractivity contribution in [3.05, 3.63) is 92.0 Å². The van der Waals surface area contributed by atoms with Gasteiger partial charge in [0, 0.05) is 16.7 Å². The van der Waals surface area contributed by atoms with E-state index < -0.39 is 11.4 Å². The minimum Gasteiger partial charge on any atom is -0.493 e. The van der Waals surface area contributed by atoms with Gasteiger partial charge in [-0.15, -0.1) is 0 Å². The number of hydrogen-bond donors (Lipinski definition) is 0. The highest BCUT2D eigenvalue weighted by molar-refractivity contribution is 9.10. The summed E-state index contributed by atoms with van der Waals surface area (Å²) in [5.74, 6) is -0.0612. The Hall–Kier alpha value is -3.55. The molecule has 0 spiro atoms. The second kappa shape index (κ2) is 10.2. The summed E-state index contributed by atoms with van der Waals surface area (Å²) in [6, 6.07) is 17.1. The van der Waals surface area contributed by atoms with Gasteiger partial charge in [-0.3, -0.25) is 4.79 Å². The molecule has 0 N–H and O–H groups in total. The van der Waals surface area contributed by atoms with Crippen molar-refractivity contribution in [3.63, 3.8) is 0 Å². The summed E-state index contributed by atoms with van der Waals surface area (Å²) in [6.45, 7) is 0. The Morgan fingerprint density at radius 1 is 1.00 bits per heavy atom. The lowest BCUT2D eigenvalue weighted by Crippen LogP contribution is -2.14.